The van der Waals surface area contributed by atoms with Crippen molar-refractivity contribution in [2.45, 2.75) is 25.9 Å². The molecule has 0 aliphatic carbocycles. The predicted octanol–water partition coefficient (Wildman–Crippen LogP) is 5.91. The number of fused-ring (bicyclic) bond motifs is 1. The quantitative estimate of drug-likeness (QED) is 0.450. The smallest absolute Gasteiger partial charge is 0.325 e. The lowest BCUT2D eigenvalue weighted by atomic mass is 10.0. The van der Waals surface area contributed by atoms with E-state index >= 15 is 0 Å². The maximum atomic E-state index is 12.9. The third-order valence-corrected chi connectivity index (χ3v) is 4.53. The number of H-pyrrole nitrogens is 1. The molecule has 3 aromatic heterocycles. The lowest BCUT2D eigenvalue weighted by Gasteiger charge is -2.10. The second kappa shape index (κ2) is 7.20. The number of anilines is 2. The molecule has 8 heteroatoms. The highest BCUT2D eigenvalue weighted by molar-refractivity contribution is 5.87. The Hall–Kier alpha value is -3.42. The summed E-state index contributed by atoms with van der Waals surface area (Å²) in [6, 6.07) is 13.3. The normalized spacial score (nSPS) is 11.9. The monoisotopic (exact) mass is 397 g/mol. The highest BCUT2D eigenvalue weighted by Gasteiger charge is 2.32. The molecule has 2 N–H and O–H groups in total. The molecule has 0 aliphatic heterocycles. The first-order chi connectivity index (χ1) is 13.8. The summed E-state index contributed by atoms with van der Waals surface area (Å²) in [5.74, 6) is 0.767. The van der Waals surface area contributed by atoms with Crippen molar-refractivity contribution in [1.82, 2.24) is 20.2 Å². The van der Waals surface area contributed by atoms with Gasteiger partial charge in [0.2, 0.25) is 0 Å². The lowest BCUT2D eigenvalue weighted by Crippen LogP contribution is -2.09. The van der Waals surface area contributed by atoms with Crippen molar-refractivity contribution in [3.8, 4) is 11.1 Å². The SMILES string of the molecule is CC(C)c1n[nH]c2ccc(-c3ccnc(Nc4cccc(C(F)(F)F)n4)c3)cc12. The molecule has 1 aromatic carbocycles. The average molecular weight is 397 g/mol. The minimum Gasteiger partial charge on any atom is -0.325 e. The molecule has 0 saturated heterocycles. The first-order valence-electron chi connectivity index (χ1n) is 9.07. The van der Waals surface area contributed by atoms with Gasteiger partial charge in [0.1, 0.15) is 17.3 Å². The number of nitrogens with zero attached hydrogens (tertiary/aromatic N) is 3. The highest BCUT2D eigenvalue weighted by Crippen LogP contribution is 2.31. The topological polar surface area (TPSA) is 66.5 Å². The zero-order valence-corrected chi connectivity index (χ0v) is 15.7. The number of nitrogens with one attached hydrogen (secondary N) is 2. The Labute approximate surface area is 165 Å². The summed E-state index contributed by atoms with van der Waals surface area (Å²) in [7, 11) is 0. The van der Waals surface area contributed by atoms with Gasteiger partial charge in [0.05, 0.1) is 11.2 Å². The number of pyridine rings is 2. The first-order valence-corrected chi connectivity index (χ1v) is 9.07. The summed E-state index contributed by atoms with van der Waals surface area (Å²) in [6.45, 7) is 4.16. The van der Waals surface area contributed by atoms with Gasteiger partial charge in [0.15, 0.2) is 0 Å². The van der Waals surface area contributed by atoms with E-state index in [1.54, 1.807) is 12.3 Å². The maximum absolute atomic E-state index is 12.9. The molecule has 0 radical (unpaired) electrons. The van der Waals surface area contributed by atoms with E-state index in [2.05, 4.69) is 45.4 Å². The van der Waals surface area contributed by atoms with E-state index in [0.717, 1.165) is 33.8 Å². The Morgan fingerprint density at radius 2 is 1.76 bits per heavy atom. The molecule has 3 heterocycles. The molecule has 0 spiro atoms. The molecule has 0 atom stereocenters. The lowest BCUT2D eigenvalue weighted by molar-refractivity contribution is -0.141. The van der Waals surface area contributed by atoms with Gasteiger partial charge in [-0.05, 0) is 53.4 Å². The van der Waals surface area contributed by atoms with Crippen molar-refractivity contribution < 1.29 is 13.2 Å². The highest BCUT2D eigenvalue weighted by atomic mass is 19.4. The van der Waals surface area contributed by atoms with Crippen LogP contribution in [0.25, 0.3) is 22.0 Å². The minimum atomic E-state index is -4.50. The van der Waals surface area contributed by atoms with Crippen LogP contribution in [0.4, 0.5) is 24.8 Å². The number of rotatable bonds is 4. The van der Waals surface area contributed by atoms with E-state index in [4.69, 9.17) is 0 Å². The van der Waals surface area contributed by atoms with Crippen LogP contribution in [0.15, 0.2) is 54.7 Å². The van der Waals surface area contributed by atoms with Crippen molar-refractivity contribution in [2.75, 3.05) is 5.32 Å². The van der Waals surface area contributed by atoms with Gasteiger partial charge in [-0.1, -0.05) is 26.0 Å². The van der Waals surface area contributed by atoms with Crippen LogP contribution in [-0.4, -0.2) is 20.2 Å². The molecule has 0 bridgehead atoms. The molecule has 0 aliphatic rings. The molecule has 29 heavy (non-hydrogen) atoms. The van der Waals surface area contributed by atoms with Crippen LogP contribution in [0, 0.1) is 0 Å². The van der Waals surface area contributed by atoms with Crippen molar-refractivity contribution in [3.63, 3.8) is 0 Å². The number of alkyl halides is 3. The third kappa shape index (κ3) is 3.91. The van der Waals surface area contributed by atoms with Crippen LogP contribution in [0.1, 0.15) is 31.2 Å². The molecule has 0 amide bonds. The maximum Gasteiger partial charge on any atom is 0.433 e. The third-order valence-electron chi connectivity index (χ3n) is 4.53. The Morgan fingerprint density at radius 3 is 2.52 bits per heavy atom. The zero-order chi connectivity index (χ0) is 20.6. The van der Waals surface area contributed by atoms with Crippen LogP contribution in [0.3, 0.4) is 0 Å². The van der Waals surface area contributed by atoms with E-state index < -0.39 is 11.9 Å². The number of aromatic amines is 1. The molecule has 4 aromatic rings. The number of aromatic nitrogens is 4. The fourth-order valence-electron chi connectivity index (χ4n) is 3.13. The van der Waals surface area contributed by atoms with Crippen molar-refractivity contribution >= 4 is 22.5 Å². The number of benzene rings is 1. The Bertz CT molecular complexity index is 1160. The predicted molar refractivity (Wildman–Crippen MR) is 106 cm³/mol. The van der Waals surface area contributed by atoms with E-state index in [1.807, 2.05) is 18.2 Å². The molecule has 5 nitrogen and oxygen atoms in total. The average Bonchev–Trinajstić information content (AvgIpc) is 3.11. The Balaban J connectivity index is 1.66. The van der Waals surface area contributed by atoms with Crippen molar-refractivity contribution in [3.05, 3.63) is 66.1 Å². The number of hydrogen-bond donors (Lipinski definition) is 2. The summed E-state index contributed by atoms with van der Waals surface area (Å²) in [4.78, 5) is 7.82. The van der Waals surface area contributed by atoms with Gasteiger partial charge in [-0.15, -0.1) is 0 Å². The fraction of sp³-hybridized carbons (Fsp3) is 0.190. The molecule has 0 unspecified atom stereocenters. The summed E-state index contributed by atoms with van der Waals surface area (Å²) < 4.78 is 38.6. The van der Waals surface area contributed by atoms with Gasteiger partial charge in [0.25, 0.3) is 0 Å². The van der Waals surface area contributed by atoms with Gasteiger partial charge >= 0.3 is 6.18 Å². The molecule has 4 rings (SSSR count). The molecular weight excluding hydrogens is 379 g/mol. The van der Waals surface area contributed by atoms with Gasteiger partial charge in [-0.3, -0.25) is 5.10 Å². The number of halogens is 3. The summed E-state index contributed by atoms with van der Waals surface area (Å²) >= 11 is 0. The molecule has 0 fully saturated rings. The summed E-state index contributed by atoms with van der Waals surface area (Å²) in [5, 5.41) is 11.3. The van der Waals surface area contributed by atoms with Gasteiger partial charge in [-0.2, -0.15) is 18.3 Å². The molecule has 0 saturated carbocycles. The van der Waals surface area contributed by atoms with Crippen molar-refractivity contribution in [1.29, 1.82) is 0 Å². The van der Waals surface area contributed by atoms with Crippen LogP contribution in [0.5, 0.6) is 0 Å². The second-order valence-electron chi connectivity index (χ2n) is 6.98. The largest absolute Gasteiger partial charge is 0.433 e. The fourth-order valence-corrected chi connectivity index (χ4v) is 3.13. The van der Waals surface area contributed by atoms with Crippen LogP contribution in [-0.2, 0) is 6.18 Å². The van der Waals surface area contributed by atoms with Crippen LogP contribution >= 0.6 is 0 Å². The summed E-state index contributed by atoms with van der Waals surface area (Å²) in [5.41, 5.74) is 2.83. The Kier molecular flexibility index (Phi) is 4.70. The zero-order valence-electron chi connectivity index (χ0n) is 15.7. The van der Waals surface area contributed by atoms with Gasteiger partial charge in [0, 0.05) is 11.6 Å². The molecule has 148 valence electrons. The minimum absolute atomic E-state index is 0.0804. The second-order valence-corrected chi connectivity index (χ2v) is 6.98. The van der Waals surface area contributed by atoms with Crippen LogP contribution < -0.4 is 5.32 Å². The van der Waals surface area contributed by atoms with E-state index in [1.165, 1.54) is 12.1 Å². The van der Waals surface area contributed by atoms with E-state index in [9.17, 15) is 13.2 Å². The van der Waals surface area contributed by atoms with E-state index in [-0.39, 0.29) is 11.7 Å². The Morgan fingerprint density at radius 1 is 0.966 bits per heavy atom. The van der Waals surface area contributed by atoms with Gasteiger partial charge in [-0.25, -0.2) is 9.97 Å². The van der Waals surface area contributed by atoms with Crippen molar-refractivity contribution in [2.24, 2.45) is 0 Å². The number of hydrogen-bond acceptors (Lipinski definition) is 4. The first kappa shape index (κ1) is 18.9. The standard InChI is InChI=1S/C21H18F3N5/c1-12(2)20-15-10-13(6-7-16(15)28-29-20)14-8-9-25-19(11-14)27-18-5-3-4-17(26-18)21(22,23)24/h3-12H,1-2H3,(H,28,29)(H,25,26,27). The van der Waals surface area contributed by atoms with Crippen LogP contribution in [0.2, 0.25) is 0 Å². The molecular formula is C21H18F3N5. The van der Waals surface area contributed by atoms with Gasteiger partial charge < -0.3 is 5.32 Å². The van der Waals surface area contributed by atoms with E-state index in [0.29, 0.717) is 5.82 Å². The summed E-state index contributed by atoms with van der Waals surface area (Å²) in [6.07, 6.45) is -2.89.